The third-order valence-electron chi connectivity index (χ3n) is 5.64. The Labute approximate surface area is 155 Å². The number of carbonyl (C=O) groups excluding carboxylic acids is 1. The highest BCUT2D eigenvalue weighted by Crippen LogP contribution is 2.49. The first-order valence-corrected chi connectivity index (χ1v) is 9.04. The minimum atomic E-state index is -0.553. The number of aromatic nitrogens is 3. The molecule has 1 unspecified atom stereocenters. The fourth-order valence-electron chi connectivity index (χ4n) is 4.20. The summed E-state index contributed by atoms with van der Waals surface area (Å²) in [7, 11) is 1.91. The molecule has 0 N–H and O–H groups in total. The molecule has 0 saturated carbocycles. The summed E-state index contributed by atoms with van der Waals surface area (Å²) in [6.45, 7) is 2.35. The van der Waals surface area contributed by atoms with Gasteiger partial charge in [0.15, 0.2) is 0 Å². The Morgan fingerprint density at radius 3 is 2.85 bits per heavy atom. The first kappa shape index (κ1) is 17.4. The summed E-state index contributed by atoms with van der Waals surface area (Å²) in [6, 6.07) is 4.07. The van der Waals surface area contributed by atoms with Gasteiger partial charge in [-0.1, -0.05) is 11.6 Å². The van der Waals surface area contributed by atoms with E-state index in [1.54, 1.807) is 11.2 Å². The summed E-state index contributed by atoms with van der Waals surface area (Å²) in [4.78, 5) is 14.7. The van der Waals surface area contributed by atoms with Crippen LogP contribution in [0.5, 0.6) is 0 Å². The summed E-state index contributed by atoms with van der Waals surface area (Å²) in [5.74, 6) is 0.0157. The number of ether oxygens (including phenoxy) is 1. The van der Waals surface area contributed by atoms with Gasteiger partial charge in [0.25, 0.3) is 5.91 Å². The van der Waals surface area contributed by atoms with Crippen molar-refractivity contribution < 1.29 is 13.9 Å². The number of aryl methyl sites for hydroxylation is 1. The van der Waals surface area contributed by atoms with Crippen LogP contribution in [0.15, 0.2) is 24.5 Å². The van der Waals surface area contributed by atoms with E-state index in [-0.39, 0.29) is 22.8 Å². The lowest BCUT2D eigenvalue weighted by atomic mass is 9.72. The molecule has 1 amide bonds. The first-order chi connectivity index (χ1) is 12.5. The normalized spacial score (nSPS) is 22.1. The van der Waals surface area contributed by atoms with Gasteiger partial charge in [-0.3, -0.25) is 4.79 Å². The number of likely N-dealkylation sites (tertiary alicyclic amines) is 1. The maximum Gasteiger partial charge on any atom is 0.256 e. The van der Waals surface area contributed by atoms with Crippen molar-refractivity contribution in [2.45, 2.75) is 18.8 Å². The lowest BCUT2D eigenvalue weighted by Crippen LogP contribution is -2.37. The largest absolute Gasteiger partial charge is 0.381 e. The number of hydrogen-bond acceptors (Lipinski definition) is 4. The molecule has 6 nitrogen and oxygen atoms in total. The fraction of sp³-hybridized carbons (Fsp3) is 0.500. The molecule has 1 aromatic heterocycles. The highest BCUT2D eigenvalue weighted by atomic mass is 35.5. The highest BCUT2D eigenvalue weighted by molar-refractivity contribution is 6.31. The van der Waals surface area contributed by atoms with Crippen LogP contribution in [0.25, 0.3) is 0 Å². The fourth-order valence-corrected chi connectivity index (χ4v) is 4.38. The zero-order valence-electron chi connectivity index (χ0n) is 14.5. The second-order valence-corrected chi connectivity index (χ2v) is 7.57. The summed E-state index contributed by atoms with van der Waals surface area (Å²) < 4.78 is 21.6. The molecular formula is C18H20ClFN4O2. The van der Waals surface area contributed by atoms with Gasteiger partial charge in [-0.2, -0.15) is 0 Å². The minimum Gasteiger partial charge on any atom is -0.381 e. The molecule has 3 heterocycles. The van der Waals surface area contributed by atoms with Crippen LogP contribution in [0.3, 0.4) is 0 Å². The average molecular weight is 379 g/mol. The maximum absolute atomic E-state index is 14.2. The Hall–Kier alpha value is -1.99. The lowest BCUT2D eigenvalue weighted by molar-refractivity contribution is 0.0108. The molecule has 2 aromatic rings. The van der Waals surface area contributed by atoms with E-state index in [0.717, 1.165) is 18.7 Å². The summed E-state index contributed by atoms with van der Waals surface area (Å²) in [5, 5.41) is 8.63. The molecule has 2 saturated heterocycles. The van der Waals surface area contributed by atoms with Gasteiger partial charge in [-0.05, 0) is 31.0 Å². The Bertz CT molecular complexity index is 834. The number of nitrogens with zero attached hydrogens (tertiary/aromatic N) is 4. The summed E-state index contributed by atoms with van der Waals surface area (Å²) >= 11 is 5.96. The van der Waals surface area contributed by atoms with Gasteiger partial charge < -0.3 is 14.2 Å². The predicted molar refractivity (Wildman–Crippen MR) is 93.5 cm³/mol. The molecule has 138 valence electrons. The summed E-state index contributed by atoms with van der Waals surface area (Å²) in [5.41, 5.74) is -0.109. The summed E-state index contributed by atoms with van der Waals surface area (Å²) in [6.07, 6.45) is 3.35. The van der Waals surface area contributed by atoms with Crippen molar-refractivity contribution in [3.05, 3.63) is 46.8 Å². The number of carbonyl (C=O) groups is 1. The highest BCUT2D eigenvalue weighted by Gasteiger charge is 2.51. The van der Waals surface area contributed by atoms with Gasteiger partial charge in [0.2, 0.25) is 0 Å². The van der Waals surface area contributed by atoms with Crippen LogP contribution in [0.4, 0.5) is 4.39 Å². The molecular weight excluding hydrogens is 359 g/mol. The van der Waals surface area contributed by atoms with E-state index in [0.29, 0.717) is 31.3 Å². The molecule has 2 aliphatic rings. The van der Waals surface area contributed by atoms with E-state index in [1.165, 1.54) is 18.2 Å². The SMILES string of the molecule is Cn1cnnc1C1CN(C(=O)c2cc(Cl)ccc2F)CC12CCOCC2. The average Bonchev–Trinajstić information content (AvgIpc) is 3.21. The second-order valence-electron chi connectivity index (χ2n) is 7.14. The Kier molecular flexibility index (Phi) is 4.44. The molecule has 0 radical (unpaired) electrons. The van der Waals surface area contributed by atoms with E-state index in [9.17, 15) is 9.18 Å². The third kappa shape index (κ3) is 2.89. The predicted octanol–water partition coefficient (Wildman–Crippen LogP) is 2.64. The minimum absolute atomic E-state index is 0.0123. The number of amides is 1. The van der Waals surface area contributed by atoms with Gasteiger partial charge >= 0.3 is 0 Å². The van der Waals surface area contributed by atoms with Crippen LogP contribution in [-0.4, -0.2) is 51.9 Å². The van der Waals surface area contributed by atoms with Crippen LogP contribution in [0.2, 0.25) is 5.02 Å². The third-order valence-corrected chi connectivity index (χ3v) is 5.88. The Balaban J connectivity index is 1.68. The molecule has 1 atom stereocenters. The van der Waals surface area contributed by atoms with Gasteiger partial charge in [0, 0.05) is 49.7 Å². The van der Waals surface area contributed by atoms with Crippen LogP contribution < -0.4 is 0 Å². The number of halogens is 2. The van der Waals surface area contributed by atoms with Crippen molar-refractivity contribution in [2.24, 2.45) is 12.5 Å². The van der Waals surface area contributed by atoms with Crippen molar-refractivity contribution in [3.8, 4) is 0 Å². The van der Waals surface area contributed by atoms with Gasteiger partial charge in [-0.15, -0.1) is 10.2 Å². The Morgan fingerprint density at radius 1 is 1.38 bits per heavy atom. The molecule has 0 aliphatic carbocycles. The zero-order chi connectivity index (χ0) is 18.3. The molecule has 0 bridgehead atoms. The smallest absolute Gasteiger partial charge is 0.256 e. The topological polar surface area (TPSA) is 60.2 Å². The molecule has 1 aromatic carbocycles. The van der Waals surface area contributed by atoms with E-state index in [2.05, 4.69) is 10.2 Å². The van der Waals surface area contributed by atoms with Crippen molar-refractivity contribution >= 4 is 17.5 Å². The van der Waals surface area contributed by atoms with Gasteiger partial charge in [0.05, 0.1) is 5.56 Å². The van der Waals surface area contributed by atoms with E-state index in [4.69, 9.17) is 16.3 Å². The zero-order valence-corrected chi connectivity index (χ0v) is 15.2. The van der Waals surface area contributed by atoms with E-state index >= 15 is 0 Å². The van der Waals surface area contributed by atoms with Crippen molar-refractivity contribution in [1.82, 2.24) is 19.7 Å². The van der Waals surface area contributed by atoms with Crippen molar-refractivity contribution in [3.63, 3.8) is 0 Å². The van der Waals surface area contributed by atoms with Gasteiger partial charge in [0.1, 0.15) is 18.0 Å². The first-order valence-electron chi connectivity index (χ1n) is 8.66. The van der Waals surface area contributed by atoms with Crippen molar-refractivity contribution in [2.75, 3.05) is 26.3 Å². The van der Waals surface area contributed by atoms with Gasteiger partial charge in [-0.25, -0.2) is 4.39 Å². The molecule has 8 heteroatoms. The lowest BCUT2D eigenvalue weighted by Gasteiger charge is -2.37. The second kappa shape index (κ2) is 6.63. The number of rotatable bonds is 2. The number of benzene rings is 1. The van der Waals surface area contributed by atoms with Crippen molar-refractivity contribution in [1.29, 1.82) is 0 Å². The monoisotopic (exact) mass is 378 g/mol. The van der Waals surface area contributed by atoms with Crippen LogP contribution in [0, 0.1) is 11.2 Å². The molecule has 2 fully saturated rings. The van der Waals surface area contributed by atoms with Crippen LogP contribution in [-0.2, 0) is 11.8 Å². The molecule has 2 aliphatic heterocycles. The molecule has 4 rings (SSSR count). The quantitative estimate of drug-likeness (QED) is 0.806. The Morgan fingerprint density at radius 2 is 2.15 bits per heavy atom. The van der Waals surface area contributed by atoms with E-state index in [1.807, 2.05) is 11.6 Å². The molecule has 1 spiro atoms. The number of hydrogen-bond donors (Lipinski definition) is 0. The van der Waals surface area contributed by atoms with E-state index < -0.39 is 5.82 Å². The molecule has 26 heavy (non-hydrogen) atoms. The maximum atomic E-state index is 14.2. The standard InChI is InChI=1S/C18H20ClFN4O2/c1-23-11-21-22-16(23)14-9-24(10-18(14)4-6-26-7-5-18)17(25)13-8-12(19)2-3-15(13)20/h2-3,8,11,14H,4-7,9-10H2,1H3. The van der Waals surface area contributed by atoms with Crippen LogP contribution in [0.1, 0.15) is 34.9 Å². The van der Waals surface area contributed by atoms with Crippen LogP contribution >= 0.6 is 11.6 Å².